The summed E-state index contributed by atoms with van der Waals surface area (Å²) in [5.74, 6) is -1.38. The van der Waals surface area contributed by atoms with Crippen molar-refractivity contribution < 1.29 is 14.3 Å². The summed E-state index contributed by atoms with van der Waals surface area (Å²) in [4.78, 5) is 11.7. The molecule has 0 aromatic heterocycles. The van der Waals surface area contributed by atoms with Gasteiger partial charge in [-0.05, 0) is 48.0 Å². The van der Waals surface area contributed by atoms with Gasteiger partial charge in [0, 0.05) is 0 Å². The zero-order valence-corrected chi connectivity index (χ0v) is 10.7. The average molecular weight is 283 g/mol. The highest BCUT2D eigenvalue weighted by Crippen LogP contribution is 2.10. The van der Waals surface area contributed by atoms with Crippen molar-refractivity contribution in [2.75, 3.05) is 0 Å². The van der Waals surface area contributed by atoms with Crippen LogP contribution in [0.4, 0.5) is 4.39 Å². The van der Waals surface area contributed by atoms with Crippen molar-refractivity contribution in [3.8, 4) is 11.8 Å². The van der Waals surface area contributed by atoms with Gasteiger partial charge in [0.1, 0.15) is 11.6 Å². The summed E-state index contributed by atoms with van der Waals surface area (Å²) in [6, 6.07) is 11.5. The van der Waals surface area contributed by atoms with E-state index in [4.69, 9.17) is 10.4 Å². The van der Waals surface area contributed by atoms with E-state index in [0.29, 0.717) is 5.56 Å². The van der Waals surface area contributed by atoms with E-state index in [2.05, 4.69) is 10.5 Å². The Labute approximate surface area is 120 Å². The Bertz CT molecular complexity index is 734. The Morgan fingerprint density at radius 3 is 2.62 bits per heavy atom. The van der Waals surface area contributed by atoms with E-state index in [1.807, 2.05) is 0 Å². The van der Waals surface area contributed by atoms with Crippen molar-refractivity contribution in [1.29, 1.82) is 5.26 Å². The maximum absolute atomic E-state index is 13.6. The molecule has 6 heteroatoms. The van der Waals surface area contributed by atoms with E-state index in [9.17, 15) is 9.18 Å². The summed E-state index contributed by atoms with van der Waals surface area (Å²) in [7, 11) is 0. The van der Waals surface area contributed by atoms with Gasteiger partial charge in [-0.1, -0.05) is 0 Å². The number of hydrogen-bond acceptors (Lipinski definition) is 4. The number of benzene rings is 2. The van der Waals surface area contributed by atoms with Gasteiger partial charge in [-0.2, -0.15) is 10.4 Å². The first kappa shape index (κ1) is 14.2. The number of phenolic OH excluding ortho intramolecular Hbond substituents is 1. The number of nitriles is 1. The van der Waals surface area contributed by atoms with Crippen molar-refractivity contribution in [3.63, 3.8) is 0 Å². The van der Waals surface area contributed by atoms with E-state index in [0.717, 1.165) is 6.07 Å². The highest BCUT2D eigenvalue weighted by molar-refractivity contribution is 5.95. The van der Waals surface area contributed by atoms with E-state index >= 15 is 0 Å². The number of nitrogens with zero attached hydrogens (tertiary/aromatic N) is 2. The fourth-order valence-electron chi connectivity index (χ4n) is 1.55. The SMILES string of the molecule is N#Cc1ccc(C(=O)N/N=C/c2ccc(O)cc2)c(F)c1. The van der Waals surface area contributed by atoms with Gasteiger partial charge in [0.15, 0.2) is 0 Å². The number of phenols is 1. The van der Waals surface area contributed by atoms with Crippen molar-refractivity contribution >= 4 is 12.1 Å². The van der Waals surface area contributed by atoms with Gasteiger partial charge >= 0.3 is 0 Å². The largest absolute Gasteiger partial charge is 0.508 e. The predicted octanol–water partition coefficient (Wildman–Crippen LogP) is 2.17. The molecule has 2 aromatic rings. The standard InChI is InChI=1S/C15H10FN3O2/c16-14-7-11(8-17)3-6-13(14)15(21)19-18-9-10-1-4-12(20)5-2-10/h1-7,9,20H,(H,19,21)/b18-9+. The average Bonchev–Trinajstić information content (AvgIpc) is 2.49. The molecule has 0 spiro atoms. The van der Waals surface area contributed by atoms with Crippen LogP contribution in [0.25, 0.3) is 0 Å². The topological polar surface area (TPSA) is 85.5 Å². The van der Waals surface area contributed by atoms with Gasteiger partial charge in [-0.15, -0.1) is 0 Å². The molecule has 2 N–H and O–H groups in total. The molecule has 0 radical (unpaired) electrons. The first-order valence-electron chi connectivity index (χ1n) is 5.92. The summed E-state index contributed by atoms with van der Waals surface area (Å²) in [6.45, 7) is 0. The molecule has 5 nitrogen and oxygen atoms in total. The smallest absolute Gasteiger partial charge is 0.274 e. The van der Waals surface area contributed by atoms with Crippen LogP contribution in [-0.2, 0) is 0 Å². The number of hydrazone groups is 1. The molecule has 0 fully saturated rings. The van der Waals surface area contributed by atoms with Crippen molar-refractivity contribution in [3.05, 3.63) is 65.0 Å². The quantitative estimate of drug-likeness (QED) is 0.668. The van der Waals surface area contributed by atoms with Crippen LogP contribution in [0.15, 0.2) is 47.6 Å². The van der Waals surface area contributed by atoms with Crippen LogP contribution in [0.5, 0.6) is 5.75 Å². The summed E-state index contributed by atoms with van der Waals surface area (Å²) in [5, 5.41) is 21.4. The van der Waals surface area contributed by atoms with Gasteiger partial charge in [0.25, 0.3) is 5.91 Å². The van der Waals surface area contributed by atoms with Crippen molar-refractivity contribution in [2.24, 2.45) is 5.10 Å². The lowest BCUT2D eigenvalue weighted by atomic mass is 10.1. The molecule has 0 bridgehead atoms. The Morgan fingerprint density at radius 2 is 2.00 bits per heavy atom. The minimum Gasteiger partial charge on any atom is -0.508 e. The fourth-order valence-corrected chi connectivity index (χ4v) is 1.55. The molecule has 0 saturated heterocycles. The predicted molar refractivity (Wildman–Crippen MR) is 74.3 cm³/mol. The van der Waals surface area contributed by atoms with E-state index in [1.54, 1.807) is 18.2 Å². The monoisotopic (exact) mass is 283 g/mol. The third kappa shape index (κ3) is 3.64. The third-order valence-corrected chi connectivity index (χ3v) is 2.62. The molecule has 104 valence electrons. The lowest BCUT2D eigenvalue weighted by Gasteiger charge is -2.01. The minimum absolute atomic E-state index is 0.121. The number of nitrogens with one attached hydrogen (secondary N) is 1. The number of aromatic hydroxyl groups is 1. The molecule has 0 aliphatic carbocycles. The third-order valence-electron chi connectivity index (χ3n) is 2.62. The van der Waals surface area contributed by atoms with Gasteiger partial charge in [0.05, 0.1) is 23.4 Å². The molecule has 0 heterocycles. The molecule has 1 amide bonds. The highest BCUT2D eigenvalue weighted by atomic mass is 19.1. The lowest BCUT2D eigenvalue weighted by Crippen LogP contribution is -2.19. The van der Waals surface area contributed by atoms with Crippen LogP contribution in [0.1, 0.15) is 21.5 Å². The second-order valence-electron chi connectivity index (χ2n) is 4.10. The highest BCUT2D eigenvalue weighted by Gasteiger charge is 2.11. The van der Waals surface area contributed by atoms with Crippen LogP contribution in [0.2, 0.25) is 0 Å². The second kappa shape index (κ2) is 6.30. The van der Waals surface area contributed by atoms with Crippen molar-refractivity contribution in [2.45, 2.75) is 0 Å². The molecule has 2 aromatic carbocycles. The summed E-state index contributed by atoms with van der Waals surface area (Å²) < 4.78 is 13.6. The maximum atomic E-state index is 13.6. The van der Waals surface area contributed by atoms with Gasteiger partial charge in [-0.3, -0.25) is 4.79 Å². The van der Waals surface area contributed by atoms with E-state index in [1.165, 1.54) is 30.5 Å². The zero-order chi connectivity index (χ0) is 15.2. The van der Waals surface area contributed by atoms with Crippen LogP contribution < -0.4 is 5.43 Å². The molecule has 0 atom stereocenters. The minimum atomic E-state index is -0.786. The molecular formula is C15H10FN3O2. The molecule has 0 aliphatic heterocycles. The molecule has 2 rings (SSSR count). The lowest BCUT2D eigenvalue weighted by molar-refractivity contribution is 0.0951. The Hall–Kier alpha value is -3.20. The number of carbonyl (C=O) groups excluding carboxylic acids is 1. The Balaban J connectivity index is 2.05. The normalized spacial score (nSPS) is 10.3. The van der Waals surface area contributed by atoms with Gasteiger partial charge in [0.2, 0.25) is 0 Å². The first-order valence-corrected chi connectivity index (χ1v) is 5.92. The summed E-state index contributed by atoms with van der Waals surface area (Å²) in [5.41, 5.74) is 2.78. The van der Waals surface area contributed by atoms with Crippen LogP contribution >= 0.6 is 0 Å². The Morgan fingerprint density at radius 1 is 1.29 bits per heavy atom. The summed E-state index contributed by atoms with van der Waals surface area (Å²) >= 11 is 0. The summed E-state index contributed by atoms with van der Waals surface area (Å²) in [6.07, 6.45) is 1.36. The number of carbonyl (C=O) groups is 1. The molecule has 0 aliphatic rings. The first-order chi connectivity index (χ1) is 10.1. The maximum Gasteiger partial charge on any atom is 0.274 e. The van der Waals surface area contributed by atoms with E-state index in [-0.39, 0.29) is 16.9 Å². The van der Waals surface area contributed by atoms with Gasteiger partial charge < -0.3 is 5.11 Å². The molecule has 0 saturated carbocycles. The number of halogens is 1. The Kier molecular flexibility index (Phi) is 4.26. The van der Waals surface area contributed by atoms with Crippen LogP contribution in [-0.4, -0.2) is 17.2 Å². The number of rotatable bonds is 3. The zero-order valence-electron chi connectivity index (χ0n) is 10.7. The second-order valence-corrected chi connectivity index (χ2v) is 4.10. The van der Waals surface area contributed by atoms with Crippen molar-refractivity contribution in [1.82, 2.24) is 5.43 Å². The number of amides is 1. The van der Waals surface area contributed by atoms with Crippen LogP contribution in [0, 0.1) is 17.1 Å². The molecule has 21 heavy (non-hydrogen) atoms. The fraction of sp³-hybridized carbons (Fsp3) is 0. The molecule has 0 unspecified atom stereocenters. The number of hydrogen-bond donors (Lipinski definition) is 2. The van der Waals surface area contributed by atoms with E-state index < -0.39 is 11.7 Å². The van der Waals surface area contributed by atoms with Gasteiger partial charge in [-0.25, -0.2) is 9.82 Å². The molecular weight excluding hydrogens is 273 g/mol. The van der Waals surface area contributed by atoms with Crippen LogP contribution in [0.3, 0.4) is 0 Å².